The van der Waals surface area contributed by atoms with Crippen LogP contribution in [0.3, 0.4) is 0 Å². The summed E-state index contributed by atoms with van der Waals surface area (Å²) in [5.74, 6) is 6.48. The van der Waals surface area contributed by atoms with Crippen molar-refractivity contribution in [2.45, 2.75) is 47.5 Å². The molecule has 0 spiro atoms. The van der Waals surface area contributed by atoms with Gasteiger partial charge in [0.2, 0.25) is 5.91 Å². The largest absolute Gasteiger partial charge is 0.396 e. The van der Waals surface area contributed by atoms with Crippen LogP contribution in [0.15, 0.2) is 65.9 Å². The Labute approximate surface area is 181 Å². The fourth-order valence-corrected chi connectivity index (χ4v) is 4.36. The summed E-state index contributed by atoms with van der Waals surface area (Å²) in [4.78, 5) is 15.4. The van der Waals surface area contributed by atoms with Gasteiger partial charge in [0.05, 0.1) is 23.6 Å². The zero-order valence-corrected chi connectivity index (χ0v) is 19.0. The molecule has 0 saturated heterocycles. The van der Waals surface area contributed by atoms with E-state index in [1.54, 1.807) is 6.08 Å². The molecule has 0 aliphatic carbocycles. The summed E-state index contributed by atoms with van der Waals surface area (Å²) in [6.07, 6.45) is 7.08. The number of anilines is 1. The van der Waals surface area contributed by atoms with Crippen LogP contribution < -0.4 is 21.9 Å². The van der Waals surface area contributed by atoms with Gasteiger partial charge in [-0.25, -0.2) is 0 Å². The number of carbonyl (C=O) groups is 1. The van der Waals surface area contributed by atoms with Gasteiger partial charge in [-0.1, -0.05) is 70.7 Å². The van der Waals surface area contributed by atoms with Gasteiger partial charge in [0.15, 0.2) is 0 Å². The number of amides is 1. The van der Waals surface area contributed by atoms with Crippen LogP contribution in [0, 0.1) is 11.3 Å². The minimum atomic E-state index is -0.0991. The summed E-state index contributed by atoms with van der Waals surface area (Å²) in [6.45, 7) is 15.0. The number of nitrogens with two attached hydrogens (primary N) is 2. The van der Waals surface area contributed by atoms with Gasteiger partial charge in [-0.2, -0.15) is 0 Å². The number of fused-ring (bicyclic) bond motifs is 1. The average molecular weight is 409 g/mol. The molecule has 1 aromatic rings. The zero-order chi connectivity index (χ0) is 22.5. The van der Waals surface area contributed by atoms with Gasteiger partial charge in [0.25, 0.3) is 0 Å². The maximum absolute atomic E-state index is 13.6. The lowest BCUT2D eigenvalue weighted by molar-refractivity contribution is -0.120. The molecule has 5 N–H and O–H groups in total. The first-order chi connectivity index (χ1) is 14.1. The van der Waals surface area contributed by atoms with Gasteiger partial charge < -0.3 is 16.1 Å². The van der Waals surface area contributed by atoms with E-state index in [4.69, 9.17) is 11.6 Å². The van der Waals surface area contributed by atoms with Crippen molar-refractivity contribution >= 4 is 17.3 Å². The van der Waals surface area contributed by atoms with Crippen molar-refractivity contribution in [3.05, 3.63) is 71.5 Å². The third kappa shape index (κ3) is 5.22. The molecule has 1 aliphatic rings. The second kappa shape index (κ2) is 9.81. The lowest BCUT2D eigenvalue weighted by Crippen LogP contribution is -2.38. The van der Waals surface area contributed by atoms with Crippen molar-refractivity contribution in [3.8, 4) is 0 Å². The minimum absolute atomic E-state index is 0.0790. The fourth-order valence-electron chi connectivity index (χ4n) is 4.36. The van der Waals surface area contributed by atoms with Gasteiger partial charge in [-0.3, -0.25) is 10.6 Å². The number of carbonyl (C=O) groups excluding carboxylic acids is 1. The highest BCUT2D eigenvalue weighted by molar-refractivity contribution is 5.98. The van der Waals surface area contributed by atoms with Crippen LogP contribution in [-0.2, 0) is 4.79 Å². The van der Waals surface area contributed by atoms with Crippen LogP contribution in [0.1, 0.15) is 53.0 Å². The van der Waals surface area contributed by atoms with Crippen molar-refractivity contribution < 1.29 is 4.79 Å². The van der Waals surface area contributed by atoms with E-state index in [1.165, 1.54) is 0 Å². The third-order valence-corrected chi connectivity index (χ3v) is 5.31. The van der Waals surface area contributed by atoms with Crippen molar-refractivity contribution in [1.29, 1.82) is 0 Å². The maximum Gasteiger partial charge on any atom is 0.227 e. The van der Waals surface area contributed by atoms with Crippen molar-refractivity contribution in [1.82, 2.24) is 5.43 Å². The predicted octanol–water partition coefficient (Wildman–Crippen LogP) is 4.64. The molecule has 0 radical (unpaired) electrons. The summed E-state index contributed by atoms with van der Waals surface area (Å²) in [5.41, 5.74) is 13.5. The van der Waals surface area contributed by atoms with Gasteiger partial charge in [0, 0.05) is 17.6 Å². The van der Waals surface area contributed by atoms with Gasteiger partial charge in [0.1, 0.15) is 0 Å². The highest BCUT2D eigenvalue weighted by atomic mass is 16.2. The Morgan fingerprint density at radius 2 is 2.00 bits per heavy atom. The second-order valence-corrected chi connectivity index (χ2v) is 9.01. The number of para-hydroxylation sites is 1. The van der Waals surface area contributed by atoms with Gasteiger partial charge in [-0.05, 0) is 36.3 Å². The summed E-state index contributed by atoms with van der Waals surface area (Å²) < 4.78 is 0. The molecule has 5 heteroatoms. The van der Waals surface area contributed by atoms with Crippen LogP contribution in [0.2, 0.25) is 0 Å². The topological polar surface area (TPSA) is 84.4 Å². The Kier molecular flexibility index (Phi) is 7.68. The van der Waals surface area contributed by atoms with E-state index < -0.39 is 0 Å². The molecule has 2 rings (SSSR count). The highest BCUT2D eigenvalue weighted by Crippen LogP contribution is 2.36. The predicted molar refractivity (Wildman–Crippen MR) is 127 cm³/mol. The molecule has 1 heterocycles. The number of hydrogen-bond donors (Lipinski definition) is 3. The first kappa shape index (κ1) is 23.5. The molecule has 1 amide bonds. The molecule has 0 unspecified atom stereocenters. The number of hydrazine groups is 1. The van der Waals surface area contributed by atoms with Crippen LogP contribution in [0.25, 0.3) is 5.70 Å². The summed E-state index contributed by atoms with van der Waals surface area (Å²) in [6, 6.07) is 7.72. The van der Waals surface area contributed by atoms with E-state index in [-0.39, 0.29) is 11.3 Å². The number of nitrogens with zero attached hydrogens (tertiary/aromatic N) is 1. The number of rotatable bonds is 7. The molecule has 0 fully saturated rings. The van der Waals surface area contributed by atoms with Crippen molar-refractivity contribution in [3.63, 3.8) is 0 Å². The summed E-state index contributed by atoms with van der Waals surface area (Å²) in [7, 11) is 0. The molecule has 162 valence electrons. The van der Waals surface area contributed by atoms with Crippen LogP contribution in [0.4, 0.5) is 5.69 Å². The Hall–Kier alpha value is -2.79. The van der Waals surface area contributed by atoms with E-state index in [1.807, 2.05) is 48.2 Å². The number of benzene rings is 1. The molecule has 1 aromatic carbocycles. The molecule has 1 aliphatic heterocycles. The fraction of sp³-hybridized carbons (Fsp3) is 0.400. The first-order valence-electron chi connectivity index (χ1n) is 10.5. The molecule has 0 saturated carbocycles. The van der Waals surface area contributed by atoms with E-state index in [2.05, 4.69) is 39.7 Å². The monoisotopic (exact) mass is 408 g/mol. The summed E-state index contributed by atoms with van der Waals surface area (Å²) in [5, 5.41) is 0. The Balaban J connectivity index is 2.66. The number of allylic oxidation sites excluding steroid dienone is 2. The average Bonchev–Trinajstić information content (AvgIpc) is 2.65. The standard InChI is InChI=1S/C25H36N4O/c1-7-11-18-16-29(22(30)15-25(5,6)14-17(3)4)21-13-10-9-12-20(21)24(28-27)23(26)19(18)8-2/h7-13,17,28H,2,14-16,26-27H2,1,3-6H3/b11-7-,19-18-,24-23-. The van der Waals surface area contributed by atoms with Crippen LogP contribution in [0.5, 0.6) is 0 Å². The third-order valence-electron chi connectivity index (χ3n) is 5.31. The quantitative estimate of drug-likeness (QED) is 0.453. The minimum Gasteiger partial charge on any atom is -0.396 e. The second-order valence-electron chi connectivity index (χ2n) is 9.01. The van der Waals surface area contributed by atoms with Crippen LogP contribution in [-0.4, -0.2) is 12.5 Å². The SMILES string of the molecule is C=CC1=C(\C=C/C)CN(C(=O)CC(C)(C)CC(C)C)c2ccccc2/C(NN)=C\1N. The van der Waals surface area contributed by atoms with Crippen molar-refractivity contribution in [2.24, 2.45) is 22.9 Å². The molecular formula is C25H36N4O. The molecule has 0 atom stereocenters. The van der Waals surface area contributed by atoms with Crippen LogP contribution >= 0.6 is 0 Å². The zero-order valence-electron chi connectivity index (χ0n) is 19.0. The van der Waals surface area contributed by atoms with E-state index in [9.17, 15) is 4.79 Å². The van der Waals surface area contributed by atoms with Gasteiger partial charge >= 0.3 is 0 Å². The van der Waals surface area contributed by atoms with E-state index in [0.29, 0.717) is 30.3 Å². The summed E-state index contributed by atoms with van der Waals surface area (Å²) >= 11 is 0. The van der Waals surface area contributed by atoms with E-state index in [0.717, 1.165) is 28.8 Å². The number of hydrogen-bond acceptors (Lipinski definition) is 4. The van der Waals surface area contributed by atoms with Gasteiger partial charge in [-0.15, -0.1) is 0 Å². The van der Waals surface area contributed by atoms with Crippen molar-refractivity contribution in [2.75, 3.05) is 11.4 Å². The lowest BCUT2D eigenvalue weighted by Gasteiger charge is -2.33. The number of nitrogens with one attached hydrogen (secondary N) is 1. The highest BCUT2D eigenvalue weighted by Gasteiger charge is 2.30. The Morgan fingerprint density at radius 3 is 2.57 bits per heavy atom. The smallest absolute Gasteiger partial charge is 0.227 e. The van der Waals surface area contributed by atoms with E-state index >= 15 is 0 Å². The Morgan fingerprint density at radius 1 is 1.33 bits per heavy atom. The first-order valence-corrected chi connectivity index (χ1v) is 10.5. The molecular weight excluding hydrogens is 372 g/mol. The molecule has 0 aromatic heterocycles. The normalized spacial score (nSPS) is 20.2. The maximum atomic E-state index is 13.6. The molecule has 5 nitrogen and oxygen atoms in total. The lowest BCUT2D eigenvalue weighted by atomic mass is 9.80. The molecule has 0 bridgehead atoms. The Bertz CT molecular complexity index is 890. The molecule has 30 heavy (non-hydrogen) atoms.